The Balaban J connectivity index is -0.00000128. The molecule has 4 nitrogen and oxygen atoms in total. The standard InChI is InChI=1S/C12H27O4P.Cd.Te/c1-4-7-10-14-17(13,15-11-8-5-2)16-12-9-6-3;;/h4-12H2,1-3H3;;/q;+2;-2. The molecule has 0 aromatic heterocycles. The minimum atomic E-state index is -3.31. The number of hydrogen-bond acceptors (Lipinski definition) is 4. The summed E-state index contributed by atoms with van der Waals surface area (Å²) in [6, 6.07) is 0. The summed E-state index contributed by atoms with van der Waals surface area (Å²) in [5.41, 5.74) is 0. The van der Waals surface area contributed by atoms with Crippen molar-refractivity contribution in [3.05, 3.63) is 0 Å². The van der Waals surface area contributed by atoms with E-state index in [9.17, 15) is 4.57 Å². The Hall–Kier alpha value is 1.82. The summed E-state index contributed by atoms with van der Waals surface area (Å²) in [4.78, 5) is 0. The van der Waals surface area contributed by atoms with Gasteiger partial charge in [0.2, 0.25) is 0 Å². The summed E-state index contributed by atoms with van der Waals surface area (Å²) in [5, 5.41) is 0. The van der Waals surface area contributed by atoms with Crippen LogP contribution in [-0.2, 0) is 45.4 Å². The van der Waals surface area contributed by atoms with Gasteiger partial charge in [0, 0.05) is 0 Å². The molecule has 0 saturated carbocycles. The molecule has 0 fully saturated rings. The molecule has 0 aromatic rings. The van der Waals surface area contributed by atoms with Gasteiger partial charge in [-0.2, -0.15) is 0 Å². The fourth-order valence-corrected chi connectivity index (χ4v) is 2.36. The van der Waals surface area contributed by atoms with Crippen LogP contribution in [0.1, 0.15) is 59.3 Å². The van der Waals surface area contributed by atoms with Crippen LogP contribution in [-0.4, -0.2) is 43.5 Å². The van der Waals surface area contributed by atoms with Crippen LogP contribution in [0, 0.1) is 0 Å². The van der Waals surface area contributed by atoms with Gasteiger partial charge < -0.3 is 23.7 Å². The first-order chi connectivity index (χ1) is 8.18. The molecule has 0 spiro atoms. The minimum absolute atomic E-state index is 0. The molecule has 0 saturated heterocycles. The fraction of sp³-hybridized carbons (Fsp3) is 1.00. The molecule has 0 aliphatic heterocycles. The summed E-state index contributed by atoms with van der Waals surface area (Å²) in [7, 11) is -3.31. The first-order valence-electron chi connectivity index (χ1n) is 6.72. The van der Waals surface area contributed by atoms with E-state index in [1.807, 2.05) is 0 Å². The van der Waals surface area contributed by atoms with Gasteiger partial charge in [-0.3, -0.25) is 13.6 Å². The summed E-state index contributed by atoms with van der Waals surface area (Å²) in [5.74, 6) is 0. The Labute approximate surface area is 155 Å². The quantitative estimate of drug-likeness (QED) is 0.227. The molecule has 112 valence electrons. The largest absolute Gasteiger partial charge is 2.00 e. The molecule has 7 heteroatoms. The summed E-state index contributed by atoms with van der Waals surface area (Å²) in [6.07, 6.45) is 5.63. The molecule has 0 radical (unpaired) electrons. The van der Waals surface area contributed by atoms with Crippen molar-refractivity contribution >= 4 is 31.5 Å². The molecule has 0 unspecified atom stereocenters. The van der Waals surface area contributed by atoms with Crippen molar-refractivity contribution in [3.8, 4) is 0 Å². The van der Waals surface area contributed by atoms with Crippen molar-refractivity contribution in [3.63, 3.8) is 0 Å². The molecule has 0 heterocycles. The van der Waals surface area contributed by atoms with E-state index in [-0.39, 0.29) is 51.0 Å². The summed E-state index contributed by atoms with van der Waals surface area (Å²) >= 11 is 0. The van der Waals surface area contributed by atoms with Crippen LogP contribution in [0.3, 0.4) is 0 Å². The number of unbranched alkanes of at least 4 members (excludes halogenated alkanes) is 3. The van der Waals surface area contributed by atoms with Gasteiger partial charge >= 0.3 is 35.1 Å². The van der Waals surface area contributed by atoms with Crippen LogP contribution in [0.25, 0.3) is 0 Å². The maximum atomic E-state index is 12.2. The monoisotopic (exact) mass is 510 g/mol. The van der Waals surface area contributed by atoms with E-state index in [1.54, 1.807) is 0 Å². The van der Waals surface area contributed by atoms with Crippen molar-refractivity contribution in [1.29, 1.82) is 0 Å². The molecule has 0 aromatic carbocycles. The third-order valence-electron chi connectivity index (χ3n) is 2.24. The smallest absolute Gasteiger partial charge is 2.00 e. The van der Waals surface area contributed by atoms with Crippen LogP contribution >= 0.6 is 7.82 Å². The van der Waals surface area contributed by atoms with Crippen LogP contribution in [0.15, 0.2) is 0 Å². The number of phosphoric acid groups is 1. The van der Waals surface area contributed by atoms with Gasteiger partial charge in [0.05, 0.1) is 19.8 Å². The van der Waals surface area contributed by atoms with E-state index < -0.39 is 7.82 Å². The van der Waals surface area contributed by atoms with Gasteiger partial charge in [-0.15, -0.1) is 0 Å². The molecule has 19 heavy (non-hydrogen) atoms. The normalized spacial score (nSPS) is 10.7. The second kappa shape index (κ2) is 17.9. The average molecular weight is 506 g/mol. The maximum absolute atomic E-state index is 12.2. The van der Waals surface area contributed by atoms with Crippen molar-refractivity contribution < 1.29 is 45.4 Å². The molecule has 0 aliphatic rings. The predicted molar refractivity (Wildman–Crippen MR) is 75.9 cm³/mol. The first kappa shape index (κ1) is 25.8. The Kier molecular flexibility index (Phi) is 24.2. The van der Waals surface area contributed by atoms with E-state index in [4.69, 9.17) is 13.6 Å². The van der Waals surface area contributed by atoms with Gasteiger partial charge in [0.1, 0.15) is 0 Å². The van der Waals surface area contributed by atoms with E-state index in [0.717, 1.165) is 38.5 Å². The topological polar surface area (TPSA) is 44.8 Å². The third kappa shape index (κ3) is 16.0. The van der Waals surface area contributed by atoms with E-state index in [1.165, 1.54) is 0 Å². The van der Waals surface area contributed by atoms with E-state index >= 15 is 0 Å². The van der Waals surface area contributed by atoms with E-state index in [0.29, 0.717) is 19.8 Å². The second-order valence-electron chi connectivity index (χ2n) is 4.01. The predicted octanol–water partition coefficient (Wildman–Crippen LogP) is 4.16. The van der Waals surface area contributed by atoms with Crippen LogP contribution in [0.2, 0.25) is 0 Å². The van der Waals surface area contributed by atoms with Gasteiger partial charge in [0.15, 0.2) is 0 Å². The molecular weight excluding hydrogens is 479 g/mol. The van der Waals surface area contributed by atoms with Crippen LogP contribution in [0.4, 0.5) is 0 Å². The molecule has 0 rings (SSSR count). The molecule has 0 N–H and O–H groups in total. The van der Waals surface area contributed by atoms with Gasteiger partial charge in [-0.1, -0.05) is 40.0 Å². The van der Waals surface area contributed by atoms with Crippen molar-refractivity contribution in [2.75, 3.05) is 19.8 Å². The zero-order valence-electron chi connectivity index (χ0n) is 12.6. The SMILES string of the molecule is CCCCOP(=O)(OCCCC)OCCCC.[Cd+2].[Te-2]. The minimum Gasteiger partial charge on any atom is -2.00 e. The van der Waals surface area contributed by atoms with Crippen molar-refractivity contribution in [2.45, 2.75) is 59.3 Å². The number of rotatable bonds is 12. The number of hydrogen-bond donors (Lipinski definition) is 0. The molecular formula is C12H27CdO4PTe. The van der Waals surface area contributed by atoms with Crippen molar-refractivity contribution in [1.82, 2.24) is 0 Å². The number of phosphoric ester groups is 1. The first-order valence-corrected chi connectivity index (χ1v) is 8.18. The second-order valence-corrected chi connectivity index (χ2v) is 5.68. The zero-order chi connectivity index (χ0) is 13.0. The fourth-order valence-electron chi connectivity index (χ4n) is 1.07. The molecule has 0 atom stereocenters. The summed E-state index contributed by atoms with van der Waals surface area (Å²) in [6.45, 7) is 7.49. The van der Waals surface area contributed by atoms with E-state index in [2.05, 4.69) is 20.8 Å². The molecule has 0 aliphatic carbocycles. The average Bonchev–Trinajstić information content (AvgIpc) is 2.30. The van der Waals surface area contributed by atoms with Crippen molar-refractivity contribution in [2.24, 2.45) is 0 Å². The Morgan fingerprint density at radius 2 is 1.00 bits per heavy atom. The molecule has 0 bridgehead atoms. The van der Waals surface area contributed by atoms with Gasteiger partial charge in [-0.05, 0) is 19.3 Å². The van der Waals surface area contributed by atoms with Crippen LogP contribution < -0.4 is 0 Å². The Morgan fingerprint density at radius 3 is 1.21 bits per heavy atom. The Bertz CT molecular complexity index is 187. The molecule has 0 amide bonds. The zero-order valence-corrected chi connectivity index (χ0v) is 19.8. The Morgan fingerprint density at radius 1 is 0.737 bits per heavy atom. The maximum Gasteiger partial charge on any atom is 2.00 e. The van der Waals surface area contributed by atoms with Gasteiger partial charge in [-0.25, -0.2) is 4.57 Å². The van der Waals surface area contributed by atoms with Gasteiger partial charge in [0.25, 0.3) is 0 Å². The summed E-state index contributed by atoms with van der Waals surface area (Å²) < 4.78 is 28.0. The van der Waals surface area contributed by atoms with Crippen LogP contribution in [0.5, 0.6) is 0 Å². The third-order valence-corrected chi connectivity index (χ3v) is 3.74.